The minimum absolute atomic E-state index is 0.0436. The second-order valence-electron chi connectivity index (χ2n) is 8.46. The molecule has 1 N–H and O–H groups in total. The summed E-state index contributed by atoms with van der Waals surface area (Å²) in [6.45, 7) is 3.40. The summed E-state index contributed by atoms with van der Waals surface area (Å²) in [6.07, 6.45) is 0. The van der Waals surface area contributed by atoms with Gasteiger partial charge in [0.25, 0.3) is 10.0 Å². The second kappa shape index (κ2) is 13.0. The van der Waals surface area contributed by atoms with Crippen LogP contribution in [0.1, 0.15) is 19.4 Å². The Balaban J connectivity index is 2.00. The summed E-state index contributed by atoms with van der Waals surface area (Å²) < 4.78 is 38.9. The topological polar surface area (TPSA) is 105 Å². The number of rotatable bonds is 12. The molecule has 0 saturated heterocycles. The van der Waals surface area contributed by atoms with Crippen LogP contribution in [0.15, 0.2) is 83.8 Å². The summed E-state index contributed by atoms with van der Waals surface area (Å²) in [5, 5.41) is 2.74. The molecule has 1 atom stereocenters. The number of hydrogen-bond acceptors (Lipinski definition) is 6. The van der Waals surface area contributed by atoms with Gasteiger partial charge in [-0.3, -0.25) is 13.9 Å². The van der Waals surface area contributed by atoms with E-state index in [-0.39, 0.29) is 23.0 Å². The maximum absolute atomic E-state index is 13.8. The van der Waals surface area contributed by atoms with Crippen LogP contribution < -0.4 is 19.1 Å². The van der Waals surface area contributed by atoms with Crippen LogP contribution in [0.3, 0.4) is 0 Å². The number of carbonyl (C=O) groups excluding carboxylic acids is 2. The van der Waals surface area contributed by atoms with Crippen molar-refractivity contribution in [3.05, 3.63) is 84.4 Å². The summed E-state index contributed by atoms with van der Waals surface area (Å²) in [5.74, 6) is 0.331. The predicted molar refractivity (Wildman–Crippen MR) is 146 cm³/mol. The zero-order valence-electron chi connectivity index (χ0n) is 22.0. The maximum atomic E-state index is 13.8. The maximum Gasteiger partial charge on any atom is 0.264 e. The monoisotopic (exact) mass is 539 g/mol. The van der Waals surface area contributed by atoms with Crippen LogP contribution in [0.4, 0.5) is 5.69 Å². The van der Waals surface area contributed by atoms with E-state index in [1.165, 1.54) is 24.1 Å². The van der Waals surface area contributed by atoms with E-state index in [1.807, 2.05) is 0 Å². The van der Waals surface area contributed by atoms with Crippen molar-refractivity contribution in [2.45, 2.75) is 31.3 Å². The second-order valence-corrected chi connectivity index (χ2v) is 10.3. The minimum Gasteiger partial charge on any atom is -0.497 e. The summed E-state index contributed by atoms with van der Waals surface area (Å²) in [4.78, 5) is 28.0. The van der Waals surface area contributed by atoms with E-state index in [2.05, 4.69) is 5.32 Å². The number of amides is 2. The Bertz CT molecular complexity index is 1310. The third-order valence-corrected chi connectivity index (χ3v) is 7.79. The summed E-state index contributed by atoms with van der Waals surface area (Å²) in [5.41, 5.74) is 1.05. The molecule has 10 heteroatoms. The molecular weight excluding hydrogens is 506 g/mol. The van der Waals surface area contributed by atoms with Crippen molar-refractivity contribution in [3.8, 4) is 11.5 Å². The van der Waals surface area contributed by atoms with Gasteiger partial charge in [0, 0.05) is 13.1 Å². The molecule has 0 unspecified atom stereocenters. The van der Waals surface area contributed by atoms with Crippen molar-refractivity contribution in [3.63, 3.8) is 0 Å². The van der Waals surface area contributed by atoms with Gasteiger partial charge in [0.05, 0.1) is 24.8 Å². The van der Waals surface area contributed by atoms with Crippen LogP contribution in [0.25, 0.3) is 0 Å². The number of benzene rings is 3. The number of ether oxygens (including phenoxy) is 2. The molecule has 0 spiro atoms. The summed E-state index contributed by atoms with van der Waals surface area (Å²) in [6, 6.07) is 20.6. The van der Waals surface area contributed by atoms with Crippen LogP contribution in [-0.4, -0.2) is 58.5 Å². The molecular formula is C28H33N3O6S. The first-order valence-corrected chi connectivity index (χ1v) is 13.6. The van der Waals surface area contributed by atoms with Gasteiger partial charge in [-0.05, 0) is 67.9 Å². The van der Waals surface area contributed by atoms with Crippen molar-refractivity contribution in [2.24, 2.45) is 0 Å². The first-order valence-electron chi connectivity index (χ1n) is 12.1. The Morgan fingerprint density at radius 2 is 1.42 bits per heavy atom. The number of hydrogen-bond donors (Lipinski definition) is 1. The molecule has 0 heterocycles. The van der Waals surface area contributed by atoms with Crippen LogP contribution in [0, 0.1) is 0 Å². The lowest BCUT2D eigenvalue weighted by molar-refractivity contribution is -0.139. The fraction of sp³-hybridized carbons (Fsp3) is 0.286. The van der Waals surface area contributed by atoms with Gasteiger partial charge < -0.3 is 19.7 Å². The number of anilines is 1. The van der Waals surface area contributed by atoms with E-state index in [4.69, 9.17) is 9.47 Å². The Labute approximate surface area is 224 Å². The molecule has 0 aliphatic carbocycles. The van der Waals surface area contributed by atoms with E-state index in [1.54, 1.807) is 87.7 Å². The van der Waals surface area contributed by atoms with Crippen molar-refractivity contribution in [1.29, 1.82) is 0 Å². The number of methoxy groups -OCH3 is 2. The third-order valence-electron chi connectivity index (χ3n) is 6.00. The lowest BCUT2D eigenvalue weighted by atomic mass is 10.1. The molecule has 0 bridgehead atoms. The number of sulfonamides is 1. The van der Waals surface area contributed by atoms with Gasteiger partial charge in [-0.1, -0.05) is 30.3 Å². The van der Waals surface area contributed by atoms with Crippen molar-refractivity contribution >= 4 is 27.5 Å². The lowest BCUT2D eigenvalue weighted by Gasteiger charge is -2.32. The Hall–Kier alpha value is -4.05. The Morgan fingerprint density at radius 1 is 0.868 bits per heavy atom. The molecule has 0 aliphatic heterocycles. The van der Waals surface area contributed by atoms with Gasteiger partial charge in [-0.2, -0.15) is 0 Å². The standard InChI is InChI=1S/C28H33N3O6S/c1-5-29-28(33)21(2)30(19-22-11-15-24(36-3)16-12-22)27(32)20-31(23-13-17-25(37-4)18-14-23)38(34,35)26-9-7-6-8-10-26/h6-18,21H,5,19-20H2,1-4H3,(H,29,33)/t21-/m0/s1. The van der Waals surface area contributed by atoms with Gasteiger partial charge in [-0.25, -0.2) is 8.42 Å². The van der Waals surface area contributed by atoms with Crippen LogP contribution >= 0.6 is 0 Å². The summed E-state index contributed by atoms with van der Waals surface area (Å²) >= 11 is 0. The van der Waals surface area contributed by atoms with Crippen LogP contribution in [-0.2, 0) is 26.2 Å². The number of likely N-dealkylation sites (N-methyl/N-ethyl adjacent to an activating group) is 1. The fourth-order valence-electron chi connectivity index (χ4n) is 3.83. The first-order chi connectivity index (χ1) is 18.2. The van der Waals surface area contributed by atoms with E-state index in [0.717, 1.165) is 9.87 Å². The number of nitrogens with one attached hydrogen (secondary N) is 1. The average molecular weight is 540 g/mol. The number of nitrogens with zero attached hydrogens (tertiary/aromatic N) is 2. The number of carbonyl (C=O) groups is 2. The van der Waals surface area contributed by atoms with Crippen molar-refractivity contribution < 1.29 is 27.5 Å². The SMILES string of the molecule is CCNC(=O)[C@H](C)N(Cc1ccc(OC)cc1)C(=O)CN(c1ccc(OC)cc1)S(=O)(=O)c1ccccc1. The van der Waals surface area contributed by atoms with E-state index >= 15 is 0 Å². The highest BCUT2D eigenvalue weighted by atomic mass is 32.2. The van der Waals surface area contributed by atoms with Gasteiger partial charge in [-0.15, -0.1) is 0 Å². The van der Waals surface area contributed by atoms with Crippen molar-refractivity contribution in [2.75, 3.05) is 31.6 Å². The summed E-state index contributed by atoms with van der Waals surface area (Å²) in [7, 11) is -1.04. The molecule has 0 aliphatic rings. The largest absolute Gasteiger partial charge is 0.497 e. The Kier molecular flexibility index (Phi) is 9.72. The van der Waals surface area contributed by atoms with Gasteiger partial charge in [0.1, 0.15) is 24.1 Å². The fourth-order valence-corrected chi connectivity index (χ4v) is 5.26. The van der Waals surface area contributed by atoms with Crippen molar-refractivity contribution in [1.82, 2.24) is 10.2 Å². The smallest absolute Gasteiger partial charge is 0.264 e. The molecule has 0 radical (unpaired) electrons. The van der Waals surface area contributed by atoms with Crippen LogP contribution in [0.2, 0.25) is 0 Å². The Morgan fingerprint density at radius 3 is 1.95 bits per heavy atom. The normalized spacial score (nSPS) is 11.8. The molecule has 0 fully saturated rings. The molecule has 0 aromatic heterocycles. The third kappa shape index (κ3) is 6.83. The molecule has 38 heavy (non-hydrogen) atoms. The molecule has 2 amide bonds. The minimum atomic E-state index is -4.11. The van der Waals surface area contributed by atoms with E-state index in [9.17, 15) is 18.0 Å². The average Bonchev–Trinajstić information content (AvgIpc) is 2.95. The quantitative estimate of drug-likeness (QED) is 0.378. The molecule has 3 rings (SSSR count). The zero-order valence-corrected chi connectivity index (χ0v) is 22.8. The molecule has 3 aromatic rings. The first kappa shape index (κ1) is 28.5. The highest BCUT2D eigenvalue weighted by molar-refractivity contribution is 7.92. The van der Waals surface area contributed by atoms with Crippen LogP contribution in [0.5, 0.6) is 11.5 Å². The predicted octanol–water partition coefficient (Wildman–Crippen LogP) is 3.45. The molecule has 9 nitrogen and oxygen atoms in total. The molecule has 0 saturated carbocycles. The highest BCUT2D eigenvalue weighted by Crippen LogP contribution is 2.26. The van der Waals surface area contributed by atoms with Gasteiger partial charge >= 0.3 is 0 Å². The highest BCUT2D eigenvalue weighted by Gasteiger charge is 2.32. The van der Waals surface area contributed by atoms with E-state index in [0.29, 0.717) is 18.0 Å². The van der Waals surface area contributed by atoms with E-state index < -0.39 is 28.5 Å². The molecule has 3 aromatic carbocycles. The lowest BCUT2D eigenvalue weighted by Crippen LogP contribution is -2.51. The van der Waals surface area contributed by atoms with Gasteiger partial charge in [0.15, 0.2) is 0 Å². The zero-order chi connectivity index (χ0) is 27.7. The molecule has 202 valence electrons. The van der Waals surface area contributed by atoms with Gasteiger partial charge in [0.2, 0.25) is 11.8 Å².